The molecule has 0 radical (unpaired) electrons. The molecule has 1 aliphatic carbocycles. The summed E-state index contributed by atoms with van der Waals surface area (Å²) < 4.78 is 10.8. The molecule has 7 heteroatoms. The minimum atomic E-state index is -0.138. The summed E-state index contributed by atoms with van der Waals surface area (Å²) in [6, 6.07) is 7.84. The molecule has 0 saturated heterocycles. The number of para-hydroxylation sites is 1. The summed E-state index contributed by atoms with van der Waals surface area (Å²) in [5, 5.41) is 3.49. The molecule has 2 aromatic rings. The Bertz CT molecular complexity index is 834. The Balaban J connectivity index is 1.44. The Labute approximate surface area is 169 Å². The number of anilines is 1. The van der Waals surface area contributed by atoms with Crippen molar-refractivity contribution in [2.75, 3.05) is 18.5 Å². The number of aryl methyl sites for hydroxylation is 2. The number of hydrogen-bond donors (Lipinski definition) is 1. The lowest BCUT2D eigenvalue weighted by Gasteiger charge is -2.18. The maximum absolute atomic E-state index is 12.2. The van der Waals surface area contributed by atoms with Crippen molar-refractivity contribution < 1.29 is 19.1 Å². The van der Waals surface area contributed by atoms with Gasteiger partial charge in [0.2, 0.25) is 5.91 Å². The molecular weight excluding hydrogens is 376 g/mol. The molecule has 0 fully saturated rings. The van der Waals surface area contributed by atoms with E-state index in [1.165, 1.54) is 11.3 Å². The Hall–Kier alpha value is -2.41. The van der Waals surface area contributed by atoms with Crippen molar-refractivity contribution in [3.63, 3.8) is 0 Å². The van der Waals surface area contributed by atoms with E-state index < -0.39 is 0 Å². The molecule has 1 aromatic carbocycles. The second kappa shape index (κ2) is 9.68. The van der Waals surface area contributed by atoms with Crippen molar-refractivity contribution in [1.82, 2.24) is 4.98 Å². The molecule has 1 amide bonds. The smallest absolute Gasteiger partial charge is 0.309 e. The van der Waals surface area contributed by atoms with Crippen LogP contribution in [0, 0.1) is 12.8 Å². The van der Waals surface area contributed by atoms with E-state index in [-0.39, 0.29) is 17.8 Å². The van der Waals surface area contributed by atoms with Gasteiger partial charge in [0.05, 0.1) is 24.8 Å². The molecule has 0 aliphatic heterocycles. The fourth-order valence-corrected chi connectivity index (χ4v) is 4.31. The summed E-state index contributed by atoms with van der Waals surface area (Å²) in [5.74, 6) is 0.545. The SMILES string of the molecule is CCOC(=O)C1CCc2nc(NC(=O)CCCOc3ccccc3C)sc2C1. The van der Waals surface area contributed by atoms with Crippen molar-refractivity contribution in [2.24, 2.45) is 5.92 Å². The molecule has 1 N–H and O–H groups in total. The highest BCUT2D eigenvalue weighted by Gasteiger charge is 2.28. The van der Waals surface area contributed by atoms with Crippen molar-refractivity contribution in [3.05, 3.63) is 40.4 Å². The van der Waals surface area contributed by atoms with Crippen LogP contribution in [0.25, 0.3) is 0 Å². The molecular formula is C21H26N2O4S. The quantitative estimate of drug-likeness (QED) is 0.535. The van der Waals surface area contributed by atoms with E-state index in [0.717, 1.165) is 34.7 Å². The summed E-state index contributed by atoms with van der Waals surface area (Å²) in [6.45, 7) is 4.71. The third-order valence-electron chi connectivity index (χ3n) is 4.71. The number of esters is 1. The number of benzene rings is 1. The second-order valence-corrected chi connectivity index (χ2v) is 7.93. The van der Waals surface area contributed by atoms with Crippen molar-refractivity contribution in [3.8, 4) is 5.75 Å². The fraction of sp³-hybridized carbons (Fsp3) is 0.476. The van der Waals surface area contributed by atoms with Gasteiger partial charge in [0.1, 0.15) is 5.75 Å². The second-order valence-electron chi connectivity index (χ2n) is 6.85. The molecule has 28 heavy (non-hydrogen) atoms. The molecule has 0 saturated carbocycles. The van der Waals surface area contributed by atoms with E-state index in [2.05, 4.69) is 10.3 Å². The summed E-state index contributed by atoms with van der Waals surface area (Å²) in [4.78, 5) is 29.7. The Morgan fingerprint density at radius 2 is 2.14 bits per heavy atom. The summed E-state index contributed by atoms with van der Waals surface area (Å²) in [6.07, 6.45) is 3.15. The van der Waals surface area contributed by atoms with Crippen LogP contribution in [0.4, 0.5) is 5.13 Å². The molecule has 150 valence electrons. The van der Waals surface area contributed by atoms with E-state index >= 15 is 0 Å². The number of amides is 1. The van der Waals surface area contributed by atoms with Crippen LogP contribution >= 0.6 is 11.3 Å². The van der Waals surface area contributed by atoms with Gasteiger partial charge in [0.15, 0.2) is 5.13 Å². The largest absolute Gasteiger partial charge is 0.493 e. The lowest BCUT2D eigenvalue weighted by atomic mass is 9.91. The standard InChI is InChI=1S/C21H26N2O4S/c1-3-26-20(25)15-10-11-16-18(13-15)28-21(22-16)23-19(24)9-6-12-27-17-8-5-4-7-14(17)2/h4-5,7-8,15H,3,6,9-13H2,1-2H3,(H,22,23,24). The van der Waals surface area contributed by atoms with E-state index in [1.807, 2.05) is 38.1 Å². The van der Waals surface area contributed by atoms with Gasteiger partial charge in [-0.1, -0.05) is 18.2 Å². The van der Waals surface area contributed by atoms with Gasteiger partial charge in [-0.25, -0.2) is 4.98 Å². The molecule has 1 heterocycles. The van der Waals surface area contributed by atoms with Crippen LogP contribution in [-0.2, 0) is 27.2 Å². The average Bonchev–Trinajstić information content (AvgIpc) is 3.08. The van der Waals surface area contributed by atoms with E-state index in [9.17, 15) is 9.59 Å². The van der Waals surface area contributed by atoms with Crippen molar-refractivity contribution >= 4 is 28.3 Å². The zero-order valence-electron chi connectivity index (χ0n) is 16.3. The molecule has 1 aromatic heterocycles. The van der Waals surface area contributed by atoms with Gasteiger partial charge in [-0.15, -0.1) is 11.3 Å². The van der Waals surface area contributed by atoms with E-state index in [1.54, 1.807) is 0 Å². The number of nitrogens with zero attached hydrogens (tertiary/aromatic N) is 1. The zero-order chi connectivity index (χ0) is 19.9. The Kier molecular flexibility index (Phi) is 7.03. The first-order valence-electron chi connectivity index (χ1n) is 9.70. The fourth-order valence-electron chi connectivity index (χ4n) is 3.20. The highest BCUT2D eigenvalue weighted by molar-refractivity contribution is 7.15. The number of nitrogens with one attached hydrogen (secondary N) is 1. The van der Waals surface area contributed by atoms with Gasteiger partial charge in [-0.05, 0) is 51.2 Å². The number of aromatic nitrogens is 1. The van der Waals surface area contributed by atoms with E-state index in [0.29, 0.717) is 37.6 Å². The van der Waals surface area contributed by atoms with Gasteiger partial charge >= 0.3 is 5.97 Å². The van der Waals surface area contributed by atoms with Crippen molar-refractivity contribution in [2.45, 2.75) is 46.0 Å². The number of carbonyl (C=O) groups excluding carboxylic acids is 2. The number of carbonyl (C=O) groups is 2. The molecule has 3 rings (SSSR count). The van der Waals surface area contributed by atoms with E-state index in [4.69, 9.17) is 9.47 Å². The summed E-state index contributed by atoms with van der Waals surface area (Å²) >= 11 is 1.46. The van der Waals surface area contributed by atoms with Crippen LogP contribution in [0.5, 0.6) is 5.75 Å². The van der Waals surface area contributed by atoms with Gasteiger partial charge in [0.25, 0.3) is 0 Å². The summed E-state index contributed by atoms with van der Waals surface area (Å²) in [5.41, 5.74) is 2.07. The highest BCUT2D eigenvalue weighted by Crippen LogP contribution is 2.33. The molecule has 0 spiro atoms. The molecule has 1 aliphatic rings. The minimum absolute atomic E-state index is 0.0681. The van der Waals surface area contributed by atoms with Crippen LogP contribution in [-0.4, -0.2) is 30.1 Å². The van der Waals surface area contributed by atoms with Crippen LogP contribution in [0.15, 0.2) is 24.3 Å². The normalized spacial score (nSPS) is 15.6. The zero-order valence-corrected chi connectivity index (χ0v) is 17.1. The predicted octanol–water partition coefficient (Wildman–Crippen LogP) is 3.92. The maximum Gasteiger partial charge on any atom is 0.309 e. The molecule has 1 atom stereocenters. The Morgan fingerprint density at radius 3 is 2.93 bits per heavy atom. The lowest BCUT2D eigenvalue weighted by Crippen LogP contribution is -2.24. The molecule has 0 bridgehead atoms. The third-order valence-corrected chi connectivity index (χ3v) is 5.74. The number of thiazole rings is 1. The first kappa shape index (κ1) is 20.3. The number of rotatable bonds is 8. The summed E-state index contributed by atoms with van der Waals surface area (Å²) in [7, 11) is 0. The predicted molar refractivity (Wildman–Crippen MR) is 109 cm³/mol. The minimum Gasteiger partial charge on any atom is -0.493 e. The number of ether oxygens (including phenoxy) is 2. The Morgan fingerprint density at radius 1 is 1.32 bits per heavy atom. The van der Waals surface area contributed by atoms with Gasteiger partial charge in [-0.2, -0.15) is 0 Å². The number of hydrogen-bond acceptors (Lipinski definition) is 6. The van der Waals surface area contributed by atoms with Crippen LogP contribution in [0.2, 0.25) is 0 Å². The van der Waals surface area contributed by atoms with Crippen molar-refractivity contribution in [1.29, 1.82) is 0 Å². The third kappa shape index (κ3) is 5.32. The highest BCUT2D eigenvalue weighted by atomic mass is 32.1. The topological polar surface area (TPSA) is 77.5 Å². The molecule has 6 nitrogen and oxygen atoms in total. The maximum atomic E-state index is 12.2. The first-order chi connectivity index (χ1) is 13.6. The lowest BCUT2D eigenvalue weighted by molar-refractivity contribution is -0.148. The molecule has 1 unspecified atom stereocenters. The average molecular weight is 403 g/mol. The van der Waals surface area contributed by atoms with Gasteiger partial charge < -0.3 is 14.8 Å². The van der Waals surface area contributed by atoms with Gasteiger partial charge in [-0.3, -0.25) is 9.59 Å². The van der Waals surface area contributed by atoms with Crippen LogP contribution < -0.4 is 10.1 Å². The monoisotopic (exact) mass is 402 g/mol. The first-order valence-corrected chi connectivity index (χ1v) is 10.5. The van der Waals surface area contributed by atoms with Crippen LogP contribution in [0.1, 0.15) is 42.3 Å². The van der Waals surface area contributed by atoms with Crippen LogP contribution in [0.3, 0.4) is 0 Å². The number of fused-ring (bicyclic) bond motifs is 1. The van der Waals surface area contributed by atoms with Gasteiger partial charge in [0, 0.05) is 11.3 Å².